The summed E-state index contributed by atoms with van der Waals surface area (Å²) in [5.41, 5.74) is 6.91. The van der Waals surface area contributed by atoms with Crippen molar-refractivity contribution in [3.8, 4) is 0 Å². The Balaban J connectivity index is 3.77. The smallest absolute Gasteiger partial charge is 0.401 e. The highest BCUT2D eigenvalue weighted by Gasteiger charge is 2.54. The number of primary amides is 2. The topological polar surface area (TPSA) is 105 Å². The molecular weight excluding hydrogens is 317 g/mol. The zero-order chi connectivity index (χ0) is 18.1. The van der Waals surface area contributed by atoms with Gasteiger partial charge in [0.15, 0.2) is 0 Å². The highest BCUT2D eigenvalue weighted by atomic mass is 19.4. The predicted octanol–water partition coefficient (Wildman–Crippen LogP) is 3.09. The summed E-state index contributed by atoms with van der Waals surface area (Å²) in [5, 5.41) is 0. The Labute approximate surface area is 130 Å². The van der Waals surface area contributed by atoms with E-state index in [2.05, 4.69) is 0 Å². The molecule has 0 aliphatic heterocycles. The molecule has 0 aromatic heterocycles. The third kappa shape index (κ3) is 3.85. The van der Waals surface area contributed by atoms with Gasteiger partial charge in [-0.2, -0.15) is 13.2 Å². The molecule has 128 valence electrons. The summed E-state index contributed by atoms with van der Waals surface area (Å²) >= 11 is 0. The van der Waals surface area contributed by atoms with Gasteiger partial charge in [-0.3, -0.25) is 0 Å². The largest absolute Gasteiger partial charge is 0.416 e. The van der Waals surface area contributed by atoms with Gasteiger partial charge in [0.25, 0.3) is 5.79 Å². The Morgan fingerprint density at radius 3 is 1.61 bits per heavy atom. The van der Waals surface area contributed by atoms with Gasteiger partial charge in [-0.1, -0.05) is 39.0 Å². The molecule has 0 aliphatic rings. The van der Waals surface area contributed by atoms with E-state index in [0.717, 1.165) is 18.2 Å². The Morgan fingerprint density at radius 2 is 1.30 bits per heavy atom. The third-order valence-electron chi connectivity index (χ3n) is 3.06. The Bertz CT molecular complexity index is 593. The normalized spacial score (nSPS) is 12.6. The van der Waals surface area contributed by atoms with Crippen LogP contribution in [-0.4, -0.2) is 12.2 Å². The van der Waals surface area contributed by atoms with Gasteiger partial charge in [0, 0.05) is 11.0 Å². The van der Waals surface area contributed by atoms with E-state index in [1.807, 2.05) is 0 Å². The molecule has 1 aromatic carbocycles. The van der Waals surface area contributed by atoms with Crippen molar-refractivity contribution in [2.75, 3.05) is 0 Å². The molecule has 2 amide bonds. The van der Waals surface area contributed by atoms with E-state index in [4.69, 9.17) is 20.9 Å². The van der Waals surface area contributed by atoms with E-state index in [9.17, 15) is 22.8 Å². The number of benzene rings is 1. The SMILES string of the molecule is CC(C)(C)C(OC(N)=O)(OC(N)=O)c1ccccc1C(F)(F)F. The first-order chi connectivity index (χ1) is 10.3. The van der Waals surface area contributed by atoms with Crippen LogP contribution in [0.15, 0.2) is 24.3 Å². The van der Waals surface area contributed by atoms with E-state index >= 15 is 0 Å². The van der Waals surface area contributed by atoms with E-state index in [1.54, 1.807) is 0 Å². The van der Waals surface area contributed by atoms with Crippen molar-refractivity contribution in [1.82, 2.24) is 0 Å². The molecule has 1 aromatic rings. The van der Waals surface area contributed by atoms with Gasteiger partial charge in [-0.05, 0) is 6.07 Å². The quantitative estimate of drug-likeness (QED) is 0.829. The van der Waals surface area contributed by atoms with Crippen LogP contribution >= 0.6 is 0 Å². The van der Waals surface area contributed by atoms with Crippen molar-refractivity contribution in [1.29, 1.82) is 0 Å². The zero-order valence-electron chi connectivity index (χ0n) is 12.7. The number of hydrogen-bond donors (Lipinski definition) is 2. The van der Waals surface area contributed by atoms with E-state index in [1.165, 1.54) is 26.8 Å². The van der Waals surface area contributed by atoms with Crippen molar-refractivity contribution in [3.63, 3.8) is 0 Å². The fourth-order valence-corrected chi connectivity index (χ4v) is 2.14. The molecule has 0 aliphatic carbocycles. The van der Waals surface area contributed by atoms with Crippen LogP contribution in [0, 0.1) is 5.41 Å². The molecule has 0 saturated heterocycles. The average Bonchev–Trinajstić information content (AvgIpc) is 2.34. The monoisotopic (exact) mass is 334 g/mol. The van der Waals surface area contributed by atoms with Gasteiger partial charge in [0.1, 0.15) is 0 Å². The number of rotatable bonds is 3. The third-order valence-corrected chi connectivity index (χ3v) is 3.06. The van der Waals surface area contributed by atoms with Gasteiger partial charge in [-0.15, -0.1) is 0 Å². The number of amides is 2. The number of ether oxygens (including phenoxy) is 2. The van der Waals surface area contributed by atoms with Crippen LogP contribution in [0.25, 0.3) is 0 Å². The second kappa shape index (κ2) is 5.98. The van der Waals surface area contributed by atoms with Crippen molar-refractivity contribution >= 4 is 12.2 Å². The average molecular weight is 334 g/mol. The maximum Gasteiger partial charge on any atom is 0.416 e. The molecule has 4 N–H and O–H groups in total. The standard InChI is InChI=1S/C14H17F3N2O4/c1-12(2,3)13(22-10(18)20,23-11(19)21)8-6-4-5-7-9(8)14(15,16)17/h4-7H,1-3H3,(H2,18,20)(H2,19,21). The highest BCUT2D eigenvalue weighted by Crippen LogP contribution is 2.48. The van der Waals surface area contributed by atoms with Crippen LogP contribution in [0.3, 0.4) is 0 Å². The Kier molecular flexibility index (Phi) is 4.83. The van der Waals surface area contributed by atoms with Gasteiger partial charge in [-0.25, -0.2) is 9.59 Å². The van der Waals surface area contributed by atoms with E-state index in [0.29, 0.717) is 0 Å². The number of hydrogen-bond acceptors (Lipinski definition) is 4. The van der Waals surface area contributed by atoms with Crippen LogP contribution in [0.5, 0.6) is 0 Å². The fourth-order valence-electron chi connectivity index (χ4n) is 2.14. The molecule has 0 spiro atoms. The van der Waals surface area contributed by atoms with Crippen molar-refractivity contribution in [2.45, 2.75) is 32.7 Å². The lowest BCUT2D eigenvalue weighted by Gasteiger charge is -2.42. The summed E-state index contributed by atoms with van der Waals surface area (Å²) in [4.78, 5) is 22.5. The van der Waals surface area contributed by atoms with Gasteiger partial charge in [0.2, 0.25) is 0 Å². The maximum absolute atomic E-state index is 13.3. The summed E-state index contributed by atoms with van der Waals surface area (Å²) in [6.07, 6.45) is -7.62. The van der Waals surface area contributed by atoms with Gasteiger partial charge >= 0.3 is 18.4 Å². The number of alkyl halides is 3. The first-order valence-electron chi connectivity index (χ1n) is 6.45. The lowest BCUT2D eigenvalue weighted by atomic mass is 9.78. The lowest BCUT2D eigenvalue weighted by Crippen LogP contribution is -2.50. The molecule has 6 nitrogen and oxygen atoms in total. The van der Waals surface area contributed by atoms with Gasteiger partial charge < -0.3 is 20.9 Å². The maximum atomic E-state index is 13.3. The van der Waals surface area contributed by atoms with Crippen molar-refractivity contribution < 1.29 is 32.2 Å². The number of halogens is 3. The molecule has 9 heteroatoms. The molecule has 0 bridgehead atoms. The van der Waals surface area contributed by atoms with Crippen LogP contribution in [0.1, 0.15) is 31.9 Å². The number of nitrogens with two attached hydrogens (primary N) is 2. The van der Waals surface area contributed by atoms with Crippen molar-refractivity contribution in [3.05, 3.63) is 35.4 Å². The lowest BCUT2D eigenvalue weighted by molar-refractivity contribution is -0.235. The molecule has 0 saturated carbocycles. The van der Waals surface area contributed by atoms with Crippen LogP contribution < -0.4 is 11.5 Å². The first-order valence-corrected chi connectivity index (χ1v) is 6.45. The fraction of sp³-hybridized carbons (Fsp3) is 0.429. The molecule has 0 unspecified atom stereocenters. The summed E-state index contributed by atoms with van der Waals surface area (Å²) in [5.74, 6) is -2.45. The number of carbonyl (C=O) groups excluding carboxylic acids is 2. The molecule has 0 fully saturated rings. The molecular formula is C14H17F3N2O4. The summed E-state index contributed by atoms with van der Waals surface area (Å²) < 4.78 is 49.6. The second-order valence-electron chi connectivity index (χ2n) is 5.75. The zero-order valence-corrected chi connectivity index (χ0v) is 12.7. The molecule has 0 heterocycles. The molecule has 0 radical (unpaired) electrons. The second-order valence-corrected chi connectivity index (χ2v) is 5.75. The van der Waals surface area contributed by atoms with Crippen LogP contribution in [0.4, 0.5) is 22.8 Å². The van der Waals surface area contributed by atoms with E-state index < -0.39 is 40.7 Å². The summed E-state index contributed by atoms with van der Waals surface area (Å²) in [7, 11) is 0. The molecule has 1 rings (SSSR count). The van der Waals surface area contributed by atoms with Crippen LogP contribution in [0.2, 0.25) is 0 Å². The number of carbonyl (C=O) groups is 2. The molecule has 23 heavy (non-hydrogen) atoms. The Morgan fingerprint density at radius 1 is 0.913 bits per heavy atom. The summed E-state index contributed by atoms with van der Waals surface area (Å²) in [6, 6.07) is 4.22. The van der Waals surface area contributed by atoms with Gasteiger partial charge in [0.05, 0.1) is 5.56 Å². The predicted molar refractivity (Wildman–Crippen MR) is 73.9 cm³/mol. The van der Waals surface area contributed by atoms with Crippen molar-refractivity contribution in [2.24, 2.45) is 16.9 Å². The Hall–Kier alpha value is -2.45. The minimum absolute atomic E-state index is 0.586. The highest BCUT2D eigenvalue weighted by molar-refractivity contribution is 5.68. The minimum Gasteiger partial charge on any atom is -0.401 e. The van der Waals surface area contributed by atoms with Crippen LogP contribution in [-0.2, 0) is 21.4 Å². The summed E-state index contributed by atoms with van der Waals surface area (Å²) in [6.45, 7) is 4.23. The first kappa shape index (κ1) is 18.6. The molecule has 0 atom stereocenters. The van der Waals surface area contributed by atoms with E-state index in [-0.39, 0.29) is 0 Å². The minimum atomic E-state index is -4.78.